The normalized spacial score (nSPS) is 14.7. The van der Waals surface area contributed by atoms with Gasteiger partial charge in [-0.15, -0.1) is 0 Å². The molecule has 2 amide bonds. The second kappa shape index (κ2) is 8.53. The molecule has 1 aromatic carbocycles. The number of benzene rings is 1. The van der Waals surface area contributed by atoms with Gasteiger partial charge in [-0.25, -0.2) is 0 Å². The van der Waals surface area contributed by atoms with E-state index in [9.17, 15) is 9.59 Å². The van der Waals surface area contributed by atoms with Crippen LogP contribution in [0.4, 0.5) is 5.69 Å². The van der Waals surface area contributed by atoms with Crippen LogP contribution in [0.1, 0.15) is 30.6 Å². The number of amides is 2. The zero-order chi connectivity index (χ0) is 19.2. The molecule has 0 fully saturated rings. The number of anilines is 1. The molecule has 0 aliphatic carbocycles. The fraction of sp³-hybridized carbons (Fsp3) is 0.350. The van der Waals surface area contributed by atoms with E-state index in [4.69, 9.17) is 9.47 Å². The lowest BCUT2D eigenvalue weighted by atomic mass is 9.97. The highest BCUT2D eigenvalue weighted by Gasteiger charge is 2.28. The van der Waals surface area contributed by atoms with Crippen molar-refractivity contribution in [3.8, 4) is 11.5 Å². The third kappa shape index (κ3) is 4.36. The predicted octanol–water partition coefficient (Wildman–Crippen LogP) is 2.64. The van der Waals surface area contributed by atoms with Gasteiger partial charge in [-0.3, -0.25) is 14.6 Å². The van der Waals surface area contributed by atoms with Crippen LogP contribution in [0, 0.1) is 5.92 Å². The summed E-state index contributed by atoms with van der Waals surface area (Å²) in [5.74, 6) is 0.264. The number of carbonyl (C=O) groups is 2. The van der Waals surface area contributed by atoms with Crippen molar-refractivity contribution in [1.29, 1.82) is 0 Å². The first-order chi connectivity index (χ1) is 13.1. The first-order valence-electron chi connectivity index (χ1n) is 9.00. The molecule has 0 saturated carbocycles. The van der Waals surface area contributed by atoms with E-state index in [1.165, 1.54) is 0 Å². The van der Waals surface area contributed by atoms with E-state index >= 15 is 0 Å². The zero-order valence-corrected chi connectivity index (χ0v) is 15.4. The molecule has 2 atom stereocenters. The highest BCUT2D eigenvalue weighted by molar-refractivity contribution is 6.03. The van der Waals surface area contributed by atoms with Gasteiger partial charge >= 0.3 is 0 Å². The Hall–Kier alpha value is -3.09. The van der Waals surface area contributed by atoms with Gasteiger partial charge in [0.05, 0.1) is 5.56 Å². The predicted molar refractivity (Wildman–Crippen MR) is 101 cm³/mol. The Kier molecular flexibility index (Phi) is 5.90. The van der Waals surface area contributed by atoms with Crippen LogP contribution in [0.15, 0.2) is 42.7 Å². The topological polar surface area (TPSA) is 89.5 Å². The van der Waals surface area contributed by atoms with Crippen molar-refractivity contribution < 1.29 is 19.1 Å². The summed E-state index contributed by atoms with van der Waals surface area (Å²) in [6.45, 7) is 4.73. The SMILES string of the molecule is CCC(C)[C@H](NC(=O)c1cccc2c1OCCO2)C(=O)Nc1ccncc1. The minimum absolute atomic E-state index is 0.0486. The van der Waals surface area contributed by atoms with Crippen LogP contribution in [0.5, 0.6) is 11.5 Å². The number of aromatic nitrogens is 1. The molecule has 7 nitrogen and oxygen atoms in total. The maximum absolute atomic E-state index is 12.9. The average molecular weight is 369 g/mol. The van der Waals surface area contributed by atoms with Gasteiger partial charge in [-0.1, -0.05) is 26.3 Å². The van der Waals surface area contributed by atoms with Gasteiger partial charge in [0.15, 0.2) is 11.5 Å². The van der Waals surface area contributed by atoms with Crippen molar-refractivity contribution in [2.45, 2.75) is 26.3 Å². The van der Waals surface area contributed by atoms with Crippen LogP contribution in [-0.4, -0.2) is 36.1 Å². The maximum atomic E-state index is 12.9. The number of para-hydroxylation sites is 1. The summed E-state index contributed by atoms with van der Waals surface area (Å²) in [4.78, 5) is 29.6. The van der Waals surface area contributed by atoms with Crippen LogP contribution < -0.4 is 20.1 Å². The quantitative estimate of drug-likeness (QED) is 0.817. The number of hydrogen-bond acceptors (Lipinski definition) is 5. The summed E-state index contributed by atoms with van der Waals surface area (Å²) >= 11 is 0. The van der Waals surface area contributed by atoms with E-state index in [0.717, 1.165) is 6.42 Å². The molecular formula is C20H23N3O4. The Morgan fingerprint density at radius 3 is 2.63 bits per heavy atom. The van der Waals surface area contributed by atoms with Crippen molar-refractivity contribution in [2.24, 2.45) is 5.92 Å². The van der Waals surface area contributed by atoms with E-state index in [2.05, 4.69) is 15.6 Å². The molecule has 0 bridgehead atoms. The van der Waals surface area contributed by atoms with Gasteiger partial charge in [0, 0.05) is 18.1 Å². The zero-order valence-electron chi connectivity index (χ0n) is 15.4. The lowest BCUT2D eigenvalue weighted by molar-refractivity contribution is -0.119. The van der Waals surface area contributed by atoms with Crippen molar-refractivity contribution in [2.75, 3.05) is 18.5 Å². The molecule has 1 aliphatic heterocycles. The minimum atomic E-state index is -0.684. The van der Waals surface area contributed by atoms with Crippen LogP contribution in [0.2, 0.25) is 0 Å². The largest absolute Gasteiger partial charge is 0.486 e. The summed E-state index contributed by atoms with van der Waals surface area (Å²) in [6.07, 6.45) is 3.93. The molecule has 27 heavy (non-hydrogen) atoms. The number of carbonyl (C=O) groups excluding carboxylic acids is 2. The van der Waals surface area contributed by atoms with Gasteiger partial charge in [0.25, 0.3) is 5.91 Å². The number of nitrogens with one attached hydrogen (secondary N) is 2. The number of pyridine rings is 1. The molecule has 1 aliphatic rings. The monoisotopic (exact) mass is 369 g/mol. The third-order valence-electron chi connectivity index (χ3n) is 4.54. The lowest BCUT2D eigenvalue weighted by Crippen LogP contribution is -2.47. The molecule has 3 rings (SSSR count). The van der Waals surface area contributed by atoms with E-state index in [1.807, 2.05) is 13.8 Å². The van der Waals surface area contributed by atoms with Gasteiger partial charge in [0.1, 0.15) is 19.3 Å². The van der Waals surface area contributed by atoms with Gasteiger partial charge in [-0.2, -0.15) is 0 Å². The second-order valence-corrected chi connectivity index (χ2v) is 6.39. The Morgan fingerprint density at radius 2 is 1.89 bits per heavy atom. The van der Waals surface area contributed by atoms with E-state index in [1.54, 1.807) is 42.7 Å². The molecule has 2 N–H and O–H groups in total. The van der Waals surface area contributed by atoms with Gasteiger partial charge in [-0.05, 0) is 30.2 Å². The molecule has 1 aromatic heterocycles. The molecule has 0 radical (unpaired) electrons. The highest BCUT2D eigenvalue weighted by Crippen LogP contribution is 2.33. The van der Waals surface area contributed by atoms with E-state index < -0.39 is 6.04 Å². The van der Waals surface area contributed by atoms with E-state index in [0.29, 0.717) is 36.0 Å². The molecule has 0 spiro atoms. The molecule has 2 aromatic rings. The number of ether oxygens (including phenoxy) is 2. The number of fused-ring (bicyclic) bond motifs is 1. The second-order valence-electron chi connectivity index (χ2n) is 6.39. The number of hydrogen-bond donors (Lipinski definition) is 2. The minimum Gasteiger partial charge on any atom is -0.486 e. The number of rotatable bonds is 6. The Bertz CT molecular complexity index is 810. The van der Waals surface area contributed by atoms with Gasteiger partial charge < -0.3 is 20.1 Å². The summed E-state index contributed by atoms with van der Waals surface area (Å²) in [5.41, 5.74) is 0.989. The smallest absolute Gasteiger partial charge is 0.255 e. The average Bonchev–Trinajstić information content (AvgIpc) is 2.71. The van der Waals surface area contributed by atoms with Crippen molar-refractivity contribution in [3.05, 3.63) is 48.3 Å². The van der Waals surface area contributed by atoms with Crippen LogP contribution in [0.3, 0.4) is 0 Å². The first-order valence-corrected chi connectivity index (χ1v) is 9.00. The highest BCUT2D eigenvalue weighted by atomic mass is 16.6. The summed E-state index contributed by atoms with van der Waals surface area (Å²) in [5, 5.41) is 5.68. The molecular weight excluding hydrogens is 346 g/mol. The Balaban J connectivity index is 1.78. The molecule has 7 heteroatoms. The standard InChI is InChI=1S/C20H23N3O4/c1-3-13(2)17(20(25)22-14-7-9-21-10-8-14)23-19(24)15-5-4-6-16-18(15)27-12-11-26-16/h4-10,13,17H,3,11-12H2,1-2H3,(H,23,24)(H,21,22,25)/t13?,17-/m0/s1. The van der Waals surface area contributed by atoms with Crippen molar-refractivity contribution >= 4 is 17.5 Å². The Morgan fingerprint density at radius 1 is 1.15 bits per heavy atom. The van der Waals surface area contributed by atoms with Crippen molar-refractivity contribution in [1.82, 2.24) is 10.3 Å². The van der Waals surface area contributed by atoms with Crippen LogP contribution >= 0.6 is 0 Å². The molecule has 2 heterocycles. The third-order valence-corrected chi connectivity index (χ3v) is 4.54. The Labute approximate surface area is 158 Å². The van der Waals surface area contributed by atoms with Gasteiger partial charge in [0.2, 0.25) is 5.91 Å². The lowest BCUT2D eigenvalue weighted by Gasteiger charge is -2.25. The maximum Gasteiger partial charge on any atom is 0.255 e. The molecule has 142 valence electrons. The van der Waals surface area contributed by atoms with Crippen molar-refractivity contribution in [3.63, 3.8) is 0 Å². The fourth-order valence-electron chi connectivity index (χ4n) is 2.83. The van der Waals surface area contributed by atoms with Crippen LogP contribution in [-0.2, 0) is 4.79 Å². The molecule has 0 saturated heterocycles. The summed E-state index contributed by atoms with van der Waals surface area (Å²) in [7, 11) is 0. The number of nitrogens with zero attached hydrogens (tertiary/aromatic N) is 1. The van der Waals surface area contributed by atoms with E-state index in [-0.39, 0.29) is 17.7 Å². The van der Waals surface area contributed by atoms with Crippen LogP contribution in [0.25, 0.3) is 0 Å². The first kappa shape index (κ1) is 18.7. The molecule has 1 unspecified atom stereocenters. The summed E-state index contributed by atoms with van der Waals surface area (Å²) in [6, 6.07) is 7.87. The fourth-order valence-corrected chi connectivity index (χ4v) is 2.83. The summed E-state index contributed by atoms with van der Waals surface area (Å²) < 4.78 is 11.1.